The van der Waals surface area contributed by atoms with E-state index in [1.54, 1.807) is 51.8 Å². The van der Waals surface area contributed by atoms with Crippen molar-refractivity contribution in [1.82, 2.24) is 0 Å². The molecule has 3 aromatic rings. The van der Waals surface area contributed by atoms with Crippen molar-refractivity contribution in [3.8, 4) is 17.2 Å². The Morgan fingerprint density at radius 1 is 0.844 bits per heavy atom. The Morgan fingerprint density at radius 3 is 2.19 bits per heavy atom. The zero-order chi connectivity index (χ0) is 22.9. The molecule has 0 aliphatic carbocycles. The fourth-order valence-corrected chi connectivity index (χ4v) is 3.26. The van der Waals surface area contributed by atoms with Crippen LogP contribution in [0.5, 0.6) is 17.2 Å². The number of carbonyl (C=O) groups is 1. The predicted molar refractivity (Wildman–Crippen MR) is 130 cm³/mol. The Morgan fingerprint density at radius 2 is 1.53 bits per heavy atom. The van der Waals surface area contributed by atoms with Gasteiger partial charge in [-0.25, -0.2) is 0 Å². The summed E-state index contributed by atoms with van der Waals surface area (Å²) in [6.07, 6.45) is 7.03. The summed E-state index contributed by atoms with van der Waals surface area (Å²) >= 11 is 5.94. The second kappa shape index (κ2) is 11.1. The molecule has 0 atom stereocenters. The van der Waals surface area contributed by atoms with Gasteiger partial charge in [0.2, 0.25) is 5.75 Å². The maximum atomic E-state index is 12.2. The van der Waals surface area contributed by atoms with Crippen LogP contribution in [0.1, 0.15) is 21.5 Å². The molecule has 0 saturated carbocycles. The summed E-state index contributed by atoms with van der Waals surface area (Å²) in [5.41, 5.74) is 3.29. The molecule has 0 aliphatic rings. The first-order valence-corrected chi connectivity index (χ1v) is 10.2. The molecule has 0 amide bonds. The van der Waals surface area contributed by atoms with E-state index >= 15 is 0 Å². The zero-order valence-electron chi connectivity index (χ0n) is 18.1. The third kappa shape index (κ3) is 5.93. The summed E-state index contributed by atoms with van der Waals surface area (Å²) in [7, 11) is 4.75. The number of hydrogen-bond donors (Lipinski definition) is 1. The standard InChI is InChI=1S/C26H24ClNO4/c1-30-24-15-19(16-25(31-2)26(24)32-3)11-10-18-6-4-9-22(14-18)28-13-12-23(29)20-7-5-8-21(27)17-20/h4-17,28H,1-3H3/b11-10+,13-12-. The number of ether oxygens (including phenoxy) is 3. The Balaban J connectivity index is 1.71. The highest BCUT2D eigenvalue weighted by Crippen LogP contribution is 2.38. The molecule has 164 valence electrons. The molecular weight excluding hydrogens is 426 g/mol. The van der Waals surface area contributed by atoms with Crippen LogP contribution in [0.4, 0.5) is 5.69 Å². The van der Waals surface area contributed by atoms with Crippen molar-refractivity contribution in [3.63, 3.8) is 0 Å². The zero-order valence-corrected chi connectivity index (χ0v) is 18.8. The van der Waals surface area contributed by atoms with E-state index in [0.717, 1.165) is 16.8 Å². The van der Waals surface area contributed by atoms with Gasteiger partial charge in [0.15, 0.2) is 17.3 Å². The van der Waals surface area contributed by atoms with Crippen molar-refractivity contribution in [3.05, 3.63) is 94.7 Å². The van der Waals surface area contributed by atoms with Gasteiger partial charge in [0, 0.05) is 28.5 Å². The molecule has 0 aromatic heterocycles. The third-order valence-corrected chi connectivity index (χ3v) is 4.87. The minimum absolute atomic E-state index is 0.126. The third-order valence-electron chi connectivity index (χ3n) is 4.64. The Hall–Kier alpha value is -3.70. The average molecular weight is 450 g/mol. The number of methoxy groups -OCH3 is 3. The van der Waals surface area contributed by atoms with Gasteiger partial charge in [0.25, 0.3) is 0 Å². The molecule has 0 bridgehead atoms. The Bertz CT molecular complexity index is 1130. The fraction of sp³-hybridized carbons (Fsp3) is 0.115. The highest BCUT2D eigenvalue weighted by Gasteiger charge is 2.12. The molecule has 1 N–H and O–H groups in total. The number of allylic oxidation sites excluding steroid dienone is 1. The van der Waals surface area contributed by atoms with Crippen molar-refractivity contribution >= 4 is 35.2 Å². The number of carbonyl (C=O) groups excluding carboxylic acids is 1. The molecule has 0 fully saturated rings. The van der Waals surface area contributed by atoms with Gasteiger partial charge in [-0.2, -0.15) is 0 Å². The summed E-state index contributed by atoms with van der Waals surface area (Å²) in [6, 6.07) is 18.4. The number of hydrogen-bond acceptors (Lipinski definition) is 5. The van der Waals surface area contributed by atoms with Crippen LogP contribution in [0.25, 0.3) is 12.2 Å². The highest BCUT2D eigenvalue weighted by atomic mass is 35.5. The van der Waals surface area contributed by atoms with Gasteiger partial charge in [-0.3, -0.25) is 4.79 Å². The second-order valence-electron chi connectivity index (χ2n) is 6.77. The lowest BCUT2D eigenvalue weighted by Gasteiger charge is -2.12. The SMILES string of the molecule is COc1cc(/C=C/c2cccc(N/C=C\C(=O)c3cccc(Cl)c3)c2)cc(OC)c1OC. The van der Waals surface area contributed by atoms with Crippen LogP contribution in [-0.4, -0.2) is 27.1 Å². The summed E-state index contributed by atoms with van der Waals surface area (Å²) in [5, 5.41) is 3.66. The first-order chi connectivity index (χ1) is 15.5. The van der Waals surface area contributed by atoms with E-state index in [-0.39, 0.29) is 5.78 Å². The van der Waals surface area contributed by atoms with E-state index in [0.29, 0.717) is 27.8 Å². The topological polar surface area (TPSA) is 56.8 Å². The van der Waals surface area contributed by atoms with Crippen LogP contribution >= 0.6 is 11.6 Å². The maximum Gasteiger partial charge on any atom is 0.203 e. The molecule has 32 heavy (non-hydrogen) atoms. The van der Waals surface area contributed by atoms with E-state index in [9.17, 15) is 4.79 Å². The van der Waals surface area contributed by atoms with Gasteiger partial charge in [-0.15, -0.1) is 0 Å². The predicted octanol–water partition coefficient (Wildman–Crippen LogP) is 6.34. The molecule has 0 unspecified atom stereocenters. The van der Waals surface area contributed by atoms with Gasteiger partial charge < -0.3 is 19.5 Å². The lowest BCUT2D eigenvalue weighted by atomic mass is 10.1. The van der Waals surface area contributed by atoms with Crippen molar-refractivity contribution < 1.29 is 19.0 Å². The minimum Gasteiger partial charge on any atom is -0.493 e. The Kier molecular flexibility index (Phi) is 7.95. The molecule has 3 rings (SSSR count). The van der Waals surface area contributed by atoms with Crippen molar-refractivity contribution in [2.24, 2.45) is 0 Å². The number of halogens is 1. The number of benzene rings is 3. The van der Waals surface area contributed by atoms with Crippen molar-refractivity contribution in [2.45, 2.75) is 0 Å². The van der Waals surface area contributed by atoms with Crippen molar-refractivity contribution in [1.29, 1.82) is 0 Å². The Labute approximate surface area is 192 Å². The fourth-order valence-electron chi connectivity index (χ4n) is 3.07. The maximum absolute atomic E-state index is 12.2. The molecule has 3 aromatic carbocycles. The number of rotatable bonds is 9. The van der Waals surface area contributed by atoms with E-state index in [1.807, 2.05) is 48.6 Å². The second-order valence-corrected chi connectivity index (χ2v) is 7.21. The van der Waals surface area contributed by atoms with E-state index in [1.165, 1.54) is 6.08 Å². The van der Waals surface area contributed by atoms with E-state index in [4.69, 9.17) is 25.8 Å². The number of anilines is 1. The molecule has 0 heterocycles. The molecular formula is C26H24ClNO4. The van der Waals surface area contributed by atoms with Gasteiger partial charge in [-0.05, 0) is 47.5 Å². The molecule has 0 saturated heterocycles. The summed E-state index contributed by atoms with van der Waals surface area (Å²) in [6.45, 7) is 0. The molecule has 0 aliphatic heterocycles. The minimum atomic E-state index is -0.126. The largest absolute Gasteiger partial charge is 0.493 e. The van der Waals surface area contributed by atoms with Crippen molar-refractivity contribution in [2.75, 3.05) is 26.6 Å². The summed E-state index contributed by atoms with van der Waals surface area (Å²) in [5.74, 6) is 1.61. The van der Waals surface area contributed by atoms with Crippen LogP contribution in [0.3, 0.4) is 0 Å². The molecule has 0 radical (unpaired) electrons. The van der Waals surface area contributed by atoms with Crippen LogP contribution < -0.4 is 19.5 Å². The van der Waals surface area contributed by atoms with Crippen LogP contribution in [0, 0.1) is 0 Å². The quantitative estimate of drug-likeness (QED) is 0.234. The van der Waals surface area contributed by atoms with Gasteiger partial charge in [0.1, 0.15) is 0 Å². The lowest BCUT2D eigenvalue weighted by molar-refractivity contribution is 0.104. The van der Waals surface area contributed by atoms with E-state index in [2.05, 4.69) is 5.32 Å². The summed E-state index contributed by atoms with van der Waals surface area (Å²) < 4.78 is 16.2. The van der Waals surface area contributed by atoms with Crippen LogP contribution in [0.2, 0.25) is 5.02 Å². The van der Waals surface area contributed by atoms with Gasteiger partial charge in [-0.1, -0.05) is 48.0 Å². The highest BCUT2D eigenvalue weighted by molar-refractivity contribution is 6.31. The molecule has 6 heteroatoms. The van der Waals surface area contributed by atoms with Gasteiger partial charge in [0.05, 0.1) is 21.3 Å². The van der Waals surface area contributed by atoms with E-state index < -0.39 is 0 Å². The first-order valence-electron chi connectivity index (χ1n) is 9.85. The normalized spacial score (nSPS) is 11.0. The lowest BCUT2D eigenvalue weighted by Crippen LogP contribution is -1.96. The average Bonchev–Trinajstić information content (AvgIpc) is 2.82. The van der Waals surface area contributed by atoms with Gasteiger partial charge >= 0.3 is 0 Å². The van der Waals surface area contributed by atoms with Crippen LogP contribution in [0.15, 0.2) is 72.9 Å². The number of ketones is 1. The molecule has 0 spiro atoms. The first kappa shape index (κ1) is 23.0. The smallest absolute Gasteiger partial charge is 0.203 e. The molecule has 5 nitrogen and oxygen atoms in total. The monoisotopic (exact) mass is 449 g/mol. The van der Waals surface area contributed by atoms with Crippen LogP contribution in [-0.2, 0) is 0 Å². The number of nitrogens with one attached hydrogen (secondary N) is 1. The summed E-state index contributed by atoms with van der Waals surface area (Å²) in [4.78, 5) is 12.2.